The second-order valence-corrected chi connectivity index (χ2v) is 7.14. The minimum Gasteiger partial charge on any atom is -0.506 e. The molecule has 0 fully saturated rings. The van der Waals surface area contributed by atoms with E-state index in [-0.39, 0.29) is 40.3 Å². The number of carbonyl (C=O) groups is 1. The molecule has 1 aliphatic rings. The number of aliphatic carboxylic acids is 1. The summed E-state index contributed by atoms with van der Waals surface area (Å²) in [5, 5.41) is 30.7. The Morgan fingerprint density at radius 1 is 1.54 bits per heavy atom. The van der Waals surface area contributed by atoms with Crippen LogP contribution in [0.15, 0.2) is 17.8 Å². The number of phosphoric ester groups is 1. The summed E-state index contributed by atoms with van der Waals surface area (Å²) in [5.41, 5.74) is 0.947. The minimum atomic E-state index is -4.74. The van der Waals surface area contributed by atoms with Gasteiger partial charge in [0.1, 0.15) is 5.75 Å². The highest BCUT2D eigenvalue weighted by Crippen LogP contribution is 2.42. The van der Waals surface area contributed by atoms with Crippen LogP contribution in [0.1, 0.15) is 29.3 Å². The van der Waals surface area contributed by atoms with Crippen molar-refractivity contribution in [1.29, 1.82) is 5.41 Å². The molecule has 1 aromatic heterocycles. The van der Waals surface area contributed by atoms with Gasteiger partial charge in [-0.05, 0) is 26.5 Å². The van der Waals surface area contributed by atoms with Crippen LogP contribution in [0.2, 0.25) is 0 Å². The second-order valence-electron chi connectivity index (χ2n) is 5.90. The van der Waals surface area contributed by atoms with Gasteiger partial charge in [0, 0.05) is 40.6 Å². The lowest BCUT2D eigenvalue weighted by atomic mass is 9.86. The molecule has 2 atom stereocenters. The molecular formula is C15H20N3O7P. The fourth-order valence-electron chi connectivity index (χ4n) is 2.96. The number of nitrogens with one attached hydrogen (secondary N) is 2. The lowest BCUT2D eigenvalue weighted by molar-refractivity contribution is -0.132. The number of nitrogens with zero attached hydrogens (tertiary/aromatic N) is 1. The van der Waals surface area contributed by atoms with E-state index in [1.54, 1.807) is 14.0 Å². The van der Waals surface area contributed by atoms with Crippen molar-refractivity contribution in [1.82, 2.24) is 10.3 Å². The van der Waals surface area contributed by atoms with E-state index in [9.17, 15) is 14.5 Å². The molecule has 0 spiro atoms. The summed E-state index contributed by atoms with van der Waals surface area (Å²) < 4.78 is 15.5. The van der Waals surface area contributed by atoms with Crippen molar-refractivity contribution < 1.29 is 33.9 Å². The SMILES string of the molecule is CNC(c1c(COP(=O)(O)O)cnc(C)c1O)C1CC(C(=O)O)=CC1=N. The van der Waals surface area contributed by atoms with Crippen LogP contribution in [0.5, 0.6) is 5.75 Å². The van der Waals surface area contributed by atoms with Crippen LogP contribution in [0, 0.1) is 18.3 Å². The Labute approximate surface area is 149 Å². The molecule has 0 aromatic carbocycles. The number of phosphoric acid groups is 1. The van der Waals surface area contributed by atoms with E-state index in [0.717, 1.165) is 0 Å². The molecule has 1 aromatic rings. The zero-order valence-corrected chi connectivity index (χ0v) is 15.0. The van der Waals surface area contributed by atoms with Crippen LogP contribution in [0.4, 0.5) is 0 Å². The number of hydrogen-bond acceptors (Lipinski definition) is 7. The predicted molar refractivity (Wildman–Crippen MR) is 90.8 cm³/mol. The Kier molecular flexibility index (Phi) is 5.94. The highest BCUT2D eigenvalue weighted by molar-refractivity contribution is 7.46. The van der Waals surface area contributed by atoms with Crippen LogP contribution in [-0.4, -0.2) is 43.7 Å². The zero-order valence-electron chi connectivity index (χ0n) is 14.1. The average Bonchev–Trinajstić information content (AvgIpc) is 2.92. The third-order valence-electron chi connectivity index (χ3n) is 4.21. The number of carboxylic acid groups (broad SMARTS) is 1. The molecule has 0 radical (unpaired) electrons. The van der Waals surface area contributed by atoms with Crippen LogP contribution >= 0.6 is 7.82 Å². The normalized spacial score (nSPS) is 18.7. The maximum Gasteiger partial charge on any atom is 0.469 e. The van der Waals surface area contributed by atoms with Crippen molar-refractivity contribution in [2.75, 3.05) is 7.05 Å². The first-order chi connectivity index (χ1) is 12.0. The number of pyridine rings is 1. The number of hydrogen-bond donors (Lipinski definition) is 6. The molecule has 6 N–H and O–H groups in total. The zero-order chi connectivity index (χ0) is 19.6. The Morgan fingerprint density at radius 3 is 2.69 bits per heavy atom. The molecule has 0 bridgehead atoms. The average molecular weight is 385 g/mol. The molecular weight excluding hydrogens is 365 g/mol. The molecule has 11 heteroatoms. The fourth-order valence-corrected chi connectivity index (χ4v) is 3.27. The van der Waals surface area contributed by atoms with Crippen molar-refractivity contribution in [3.05, 3.63) is 34.7 Å². The largest absolute Gasteiger partial charge is 0.506 e. The first kappa shape index (κ1) is 20.2. The van der Waals surface area contributed by atoms with Crippen LogP contribution < -0.4 is 5.32 Å². The van der Waals surface area contributed by atoms with Gasteiger partial charge in [0.25, 0.3) is 0 Å². The molecule has 0 saturated carbocycles. The minimum absolute atomic E-state index is 0.0810. The molecule has 2 rings (SSSR count). The summed E-state index contributed by atoms with van der Waals surface area (Å²) in [6.45, 7) is 1.05. The summed E-state index contributed by atoms with van der Waals surface area (Å²) in [7, 11) is -3.15. The van der Waals surface area contributed by atoms with Gasteiger partial charge >= 0.3 is 13.8 Å². The number of rotatable bonds is 7. The van der Waals surface area contributed by atoms with Gasteiger partial charge in [-0.25, -0.2) is 9.36 Å². The second kappa shape index (κ2) is 7.65. The van der Waals surface area contributed by atoms with E-state index in [1.807, 2.05) is 0 Å². The van der Waals surface area contributed by atoms with Crippen LogP contribution in [0.25, 0.3) is 0 Å². The fraction of sp³-hybridized carbons (Fsp3) is 0.400. The van der Waals surface area contributed by atoms with Crippen molar-refractivity contribution in [2.45, 2.75) is 26.0 Å². The smallest absolute Gasteiger partial charge is 0.469 e. The number of allylic oxidation sites excluding steroid dienone is 1. The molecule has 2 unspecified atom stereocenters. The van der Waals surface area contributed by atoms with Gasteiger partial charge < -0.3 is 30.7 Å². The van der Waals surface area contributed by atoms with E-state index >= 15 is 0 Å². The molecule has 1 aliphatic carbocycles. The van der Waals surface area contributed by atoms with Crippen molar-refractivity contribution in [3.8, 4) is 5.75 Å². The van der Waals surface area contributed by atoms with E-state index in [0.29, 0.717) is 0 Å². The molecule has 0 amide bonds. The molecule has 0 aliphatic heterocycles. The summed E-state index contributed by atoms with van der Waals surface area (Å²) in [6.07, 6.45) is 2.68. The summed E-state index contributed by atoms with van der Waals surface area (Å²) in [6, 6.07) is -0.673. The Bertz CT molecular complexity index is 818. The third-order valence-corrected chi connectivity index (χ3v) is 4.68. The van der Waals surface area contributed by atoms with Gasteiger partial charge in [-0.15, -0.1) is 0 Å². The molecule has 1 heterocycles. The Morgan fingerprint density at radius 2 is 2.19 bits per heavy atom. The van der Waals surface area contributed by atoms with Gasteiger partial charge in [0.2, 0.25) is 0 Å². The summed E-state index contributed by atoms with van der Waals surface area (Å²) >= 11 is 0. The van der Waals surface area contributed by atoms with Gasteiger partial charge in [-0.1, -0.05) is 0 Å². The highest BCUT2D eigenvalue weighted by atomic mass is 31.2. The first-order valence-corrected chi connectivity index (χ1v) is 9.15. The van der Waals surface area contributed by atoms with E-state index in [4.69, 9.17) is 20.3 Å². The van der Waals surface area contributed by atoms with E-state index in [1.165, 1.54) is 12.3 Å². The molecule has 26 heavy (non-hydrogen) atoms. The predicted octanol–water partition coefficient (Wildman–Crippen LogP) is 1.02. The lowest BCUT2D eigenvalue weighted by Gasteiger charge is -2.27. The summed E-state index contributed by atoms with van der Waals surface area (Å²) in [5.74, 6) is -1.90. The van der Waals surface area contributed by atoms with E-state index in [2.05, 4.69) is 14.8 Å². The number of aryl methyl sites for hydroxylation is 1. The monoisotopic (exact) mass is 385 g/mol. The number of aromatic hydroxyl groups is 1. The van der Waals surface area contributed by atoms with Gasteiger partial charge in [-0.2, -0.15) is 0 Å². The van der Waals surface area contributed by atoms with Gasteiger partial charge in [-0.3, -0.25) is 9.51 Å². The number of aromatic nitrogens is 1. The molecule has 142 valence electrons. The maximum atomic E-state index is 11.2. The highest BCUT2D eigenvalue weighted by Gasteiger charge is 2.35. The van der Waals surface area contributed by atoms with Gasteiger partial charge in [0.05, 0.1) is 12.3 Å². The maximum absolute atomic E-state index is 11.2. The van der Waals surface area contributed by atoms with Crippen molar-refractivity contribution in [3.63, 3.8) is 0 Å². The standard InChI is InChI=1S/C15H20N3O7P/c1-7-14(19)12(9(5-18-7)6-25-26(22,23)24)13(17-2)10-3-8(15(20)21)4-11(10)16/h4-5,10,13,16-17,19H,3,6H2,1-2H3,(H,20,21)(H2,22,23,24). The third kappa shape index (κ3) is 4.35. The molecule has 10 nitrogen and oxygen atoms in total. The molecule has 0 saturated heterocycles. The Hall–Kier alpha value is -2.10. The quantitative estimate of drug-likeness (QED) is 0.374. The first-order valence-electron chi connectivity index (χ1n) is 7.62. The number of carboxylic acids is 1. The topological polar surface area (TPSA) is 173 Å². The lowest BCUT2D eigenvalue weighted by Crippen LogP contribution is -2.29. The Balaban J connectivity index is 2.44. The van der Waals surface area contributed by atoms with Crippen molar-refractivity contribution >= 4 is 19.5 Å². The van der Waals surface area contributed by atoms with Crippen molar-refractivity contribution in [2.24, 2.45) is 5.92 Å². The summed E-state index contributed by atoms with van der Waals surface area (Å²) in [4.78, 5) is 33.0. The van der Waals surface area contributed by atoms with E-state index < -0.39 is 32.4 Å². The van der Waals surface area contributed by atoms with Gasteiger partial charge in [0.15, 0.2) is 0 Å². The van der Waals surface area contributed by atoms with Crippen LogP contribution in [-0.2, 0) is 20.5 Å². The van der Waals surface area contributed by atoms with Crippen LogP contribution in [0.3, 0.4) is 0 Å².